The number of anilines is 1. The van der Waals surface area contributed by atoms with Crippen molar-refractivity contribution in [2.75, 3.05) is 5.32 Å². The molecule has 2 aromatic heterocycles. The number of fused-ring (bicyclic) bond motifs is 1. The van der Waals surface area contributed by atoms with Gasteiger partial charge in [0.2, 0.25) is 5.91 Å². The first kappa shape index (κ1) is 21.8. The fourth-order valence-electron chi connectivity index (χ4n) is 3.95. The molecule has 4 rings (SSSR count). The predicted molar refractivity (Wildman–Crippen MR) is 126 cm³/mol. The van der Waals surface area contributed by atoms with Crippen molar-refractivity contribution in [2.24, 2.45) is 0 Å². The summed E-state index contributed by atoms with van der Waals surface area (Å²) in [6.45, 7) is 12.4. The van der Waals surface area contributed by atoms with Gasteiger partial charge in [-0.3, -0.25) is 4.79 Å². The number of hydrogen-bond donors (Lipinski definition) is 1. The van der Waals surface area contributed by atoms with Crippen molar-refractivity contribution >= 4 is 22.6 Å². The summed E-state index contributed by atoms with van der Waals surface area (Å²) in [6.07, 6.45) is 1.89. The zero-order valence-electron chi connectivity index (χ0n) is 19.4. The number of aryl methyl sites for hydroxylation is 2. The number of rotatable bonds is 6. The van der Waals surface area contributed by atoms with Gasteiger partial charge in [-0.1, -0.05) is 45.0 Å². The van der Waals surface area contributed by atoms with Crippen LogP contribution in [0.25, 0.3) is 22.4 Å². The largest absolute Gasteiger partial charge is 0.464 e. The summed E-state index contributed by atoms with van der Waals surface area (Å²) in [5, 5.41) is 8.10. The van der Waals surface area contributed by atoms with E-state index < -0.39 is 0 Å². The number of benzene rings is 2. The normalized spacial score (nSPS) is 11.6. The van der Waals surface area contributed by atoms with Gasteiger partial charge in [0, 0.05) is 16.9 Å². The molecule has 6 nitrogen and oxygen atoms in total. The molecule has 1 N–H and O–H groups in total. The molecule has 0 aliphatic rings. The van der Waals surface area contributed by atoms with Crippen molar-refractivity contribution in [1.29, 1.82) is 0 Å². The third-order valence-electron chi connectivity index (χ3n) is 5.74. The van der Waals surface area contributed by atoms with Crippen molar-refractivity contribution in [3.05, 3.63) is 64.7 Å². The molecule has 0 saturated carbocycles. The SMILES string of the molecule is Cc1cc2occ(CC(=O)Nc3c(C)cccc3-c3nc(C(C)C)no3)c2cc1C(C)C. The summed E-state index contributed by atoms with van der Waals surface area (Å²) in [4.78, 5) is 17.5. The number of carbonyl (C=O) groups excluding carboxylic acids is 1. The highest BCUT2D eigenvalue weighted by molar-refractivity contribution is 5.98. The molecule has 0 atom stereocenters. The van der Waals surface area contributed by atoms with Crippen molar-refractivity contribution in [2.45, 2.75) is 59.8 Å². The van der Waals surface area contributed by atoms with Gasteiger partial charge in [0.05, 0.1) is 23.9 Å². The van der Waals surface area contributed by atoms with Crippen LogP contribution in [-0.4, -0.2) is 16.0 Å². The molecule has 166 valence electrons. The van der Waals surface area contributed by atoms with Crippen molar-refractivity contribution in [1.82, 2.24) is 10.1 Å². The maximum atomic E-state index is 13.0. The van der Waals surface area contributed by atoms with Crippen LogP contribution in [0.2, 0.25) is 0 Å². The Morgan fingerprint density at radius 2 is 1.84 bits per heavy atom. The molecule has 32 heavy (non-hydrogen) atoms. The molecule has 0 bridgehead atoms. The van der Waals surface area contributed by atoms with Crippen LogP contribution in [0.3, 0.4) is 0 Å². The number of aromatic nitrogens is 2. The second-order valence-corrected chi connectivity index (χ2v) is 8.96. The molecule has 2 heterocycles. The van der Waals surface area contributed by atoms with Crippen LogP contribution >= 0.6 is 0 Å². The van der Waals surface area contributed by atoms with Crippen LogP contribution in [0.15, 0.2) is 45.5 Å². The van der Waals surface area contributed by atoms with Crippen LogP contribution in [0.4, 0.5) is 5.69 Å². The predicted octanol–water partition coefficient (Wildman–Crippen LogP) is 6.53. The molecule has 0 unspecified atom stereocenters. The molecule has 1 amide bonds. The zero-order chi connectivity index (χ0) is 23.0. The maximum Gasteiger partial charge on any atom is 0.260 e. The molecule has 0 aliphatic heterocycles. The van der Waals surface area contributed by atoms with Crippen molar-refractivity contribution < 1.29 is 13.7 Å². The van der Waals surface area contributed by atoms with Crippen LogP contribution in [-0.2, 0) is 11.2 Å². The van der Waals surface area contributed by atoms with E-state index in [0.29, 0.717) is 28.9 Å². The van der Waals surface area contributed by atoms with Gasteiger partial charge in [-0.05, 0) is 54.7 Å². The highest BCUT2D eigenvalue weighted by Crippen LogP contribution is 2.32. The molecule has 0 aliphatic carbocycles. The Balaban J connectivity index is 1.62. The third-order valence-corrected chi connectivity index (χ3v) is 5.74. The maximum absolute atomic E-state index is 13.0. The van der Waals surface area contributed by atoms with Gasteiger partial charge in [-0.15, -0.1) is 0 Å². The third kappa shape index (κ3) is 4.17. The first-order chi connectivity index (χ1) is 15.2. The zero-order valence-corrected chi connectivity index (χ0v) is 19.4. The van der Waals surface area contributed by atoms with Crippen LogP contribution in [0.1, 0.15) is 67.6 Å². The summed E-state index contributed by atoms with van der Waals surface area (Å²) < 4.78 is 11.2. The van der Waals surface area contributed by atoms with E-state index in [0.717, 1.165) is 22.1 Å². The fraction of sp³-hybridized carbons (Fsp3) is 0.346. The Morgan fingerprint density at radius 1 is 1.06 bits per heavy atom. The number of para-hydroxylation sites is 1. The second kappa shape index (κ2) is 8.61. The topological polar surface area (TPSA) is 81.2 Å². The van der Waals surface area contributed by atoms with E-state index in [1.165, 1.54) is 11.1 Å². The highest BCUT2D eigenvalue weighted by Gasteiger charge is 2.19. The van der Waals surface area contributed by atoms with E-state index in [9.17, 15) is 4.79 Å². The number of furan rings is 1. The van der Waals surface area contributed by atoms with Gasteiger partial charge in [0.1, 0.15) is 5.58 Å². The molecular weight excluding hydrogens is 402 g/mol. The number of nitrogens with one attached hydrogen (secondary N) is 1. The quantitative estimate of drug-likeness (QED) is 0.375. The van der Waals surface area contributed by atoms with Crippen LogP contribution in [0.5, 0.6) is 0 Å². The molecule has 4 aromatic rings. The average Bonchev–Trinajstić information content (AvgIpc) is 3.36. The lowest BCUT2D eigenvalue weighted by Crippen LogP contribution is -2.15. The number of nitrogens with zero attached hydrogens (tertiary/aromatic N) is 2. The molecule has 0 spiro atoms. The lowest BCUT2D eigenvalue weighted by molar-refractivity contribution is -0.115. The second-order valence-electron chi connectivity index (χ2n) is 8.96. The lowest BCUT2D eigenvalue weighted by atomic mass is 9.95. The van der Waals surface area contributed by atoms with E-state index >= 15 is 0 Å². The van der Waals surface area contributed by atoms with Gasteiger partial charge < -0.3 is 14.3 Å². The van der Waals surface area contributed by atoms with Gasteiger partial charge in [0.25, 0.3) is 5.89 Å². The van der Waals surface area contributed by atoms with Gasteiger partial charge >= 0.3 is 0 Å². The van der Waals surface area contributed by atoms with E-state index in [-0.39, 0.29) is 18.2 Å². The molecular formula is C26H29N3O3. The van der Waals surface area contributed by atoms with E-state index in [4.69, 9.17) is 8.94 Å². The molecule has 0 saturated heterocycles. The van der Waals surface area contributed by atoms with Crippen molar-refractivity contribution in [3.8, 4) is 11.5 Å². The number of hydrogen-bond acceptors (Lipinski definition) is 5. The summed E-state index contributed by atoms with van der Waals surface area (Å²) >= 11 is 0. The summed E-state index contributed by atoms with van der Waals surface area (Å²) in [7, 11) is 0. The Bertz CT molecular complexity index is 1280. The summed E-state index contributed by atoms with van der Waals surface area (Å²) in [6, 6.07) is 9.94. The van der Waals surface area contributed by atoms with Gasteiger partial charge in [-0.25, -0.2) is 0 Å². The lowest BCUT2D eigenvalue weighted by Gasteiger charge is -2.12. The molecule has 0 fully saturated rings. The molecule has 0 radical (unpaired) electrons. The monoisotopic (exact) mass is 431 g/mol. The average molecular weight is 432 g/mol. The number of carbonyl (C=O) groups is 1. The number of amides is 1. The van der Waals surface area contributed by atoms with Crippen LogP contribution in [0, 0.1) is 13.8 Å². The van der Waals surface area contributed by atoms with Crippen LogP contribution < -0.4 is 5.32 Å². The summed E-state index contributed by atoms with van der Waals surface area (Å²) in [5.74, 6) is 1.47. The first-order valence-corrected chi connectivity index (χ1v) is 11.0. The highest BCUT2D eigenvalue weighted by atomic mass is 16.5. The minimum Gasteiger partial charge on any atom is -0.464 e. The molecule has 2 aromatic carbocycles. The van der Waals surface area contributed by atoms with Crippen molar-refractivity contribution in [3.63, 3.8) is 0 Å². The minimum atomic E-state index is -0.126. The standard InChI is InChI=1S/C26H29N3O3/c1-14(2)20-12-21-18(13-31-22(21)10-17(20)6)11-23(30)27-24-16(5)8-7-9-19(24)26-28-25(15(3)4)29-32-26/h7-10,12-15H,11H2,1-6H3,(H,27,30). The Hall–Kier alpha value is -3.41. The van der Waals surface area contributed by atoms with Gasteiger partial charge in [0.15, 0.2) is 5.82 Å². The Labute approximate surface area is 188 Å². The molecule has 6 heteroatoms. The van der Waals surface area contributed by atoms with E-state index in [1.807, 2.05) is 45.0 Å². The Morgan fingerprint density at radius 3 is 2.53 bits per heavy atom. The fourth-order valence-corrected chi connectivity index (χ4v) is 3.95. The summed E-state index contributed by atoms with van der Waals surface area (Å²) in [5.41, 5.74) is 6.46. The smallest absolute Gasteiger partial charge is 0.260 e. The first-order valence-electron chi connectivity index (χ1n) is 11.0. The van der Waals surface area contributed by atoms with Gasteiger partial charge in [-0.2, -0.15) is 4.98 Å². The Kier molecular flexibility index (Phi) is 5.87. The van der Waals surface area contributed by atoms with E-state index in [1.54, 1.807) is 6.26 Å². The minimum absolute atomic E-state index is 0.126. The van der Waals surface area contributed by atoms with E-state index in [2.05, 4.69) is 42.3 Å².